The Morgan fingerprint density at radius 2 is 2.12 bits per heavy atom. The smallest absolute Gasteiger partial charge is 0.216 e. The molecule has 0 saturated heterocycles. The van der Waals surface area contributed by atoms with Crippen molar-refractivity contribution in [1.29, 1.82) is 0 Å². The molecule has 0 fully saturated rings. The van der Waals surface area contributed by atoms with Crippen LogP contribution < -0.4 is 4.74 Å². The Hall–Kier alpha value is -1.20. The summed E-state index contributed by atoms with van der Waals surface area (Å²) in [6, 6.07) is 2.88. The fourth-order valence-corrected chi connectivity index (χ4v) is 1.07. The van der Waals surface area contributed by atoms with Gasteiger partial charge in [-0.15, -0.1) is 0 Å². The van der Waals surface area contributed by atoms with E-state index >= 15 is 0 Å². The Morgan fingerprint density at radius 3 is 2.88 bits per heavy atom. The number of pyridine rings is 1. The minimum Gasteiger partial charge on any atom is -0.493 e. The number of methoxy groups -OCH3 is 1. The third kappa shape index (κ3) is 5.63. The van der Waals surface area contributed by atoms with Crippen molar-refractivity contribution in [3.63, 3.8) is 0 Å². The lowest BCUT2D eigenvalue weighted by Crippen LogP contribution is -2.06. The van der Waals surface area contributed by atoms with E-state index in [-0.39, 0.29) is 0 Å². The van der Waals surface area contributed by atoms with Crippen molar-refractivity contribution in [3.8, 4) is 5.75 Å². The van der Waals surface area contributed by atoms with E-state index in [1.807, 2.05) is 0 Å². The maximum Gasteiger partial charge on any atom is 0.216 e. The first kappa shape index (κ1) is 12.9. The molecule has 0 N–H and O–H groups in total. The van der Waals surface area contributed by atoms with Gasteiger partial charge in [-0.3, -0.25) is 0 Å². The zero-order valence-electron chi connectivity index (χ0n) is 9.32. The molecular formula is C11H16FNO3. The van der Waals surface area contributed by atoms with Crippen molar-refractivity contribution >= 4 is 0 Å². The van der Waals surface area contributed by atoms with Gasteiger partial charge in [0.05, 0.1) is 19.8 Å². The van der Waals surface area contributed by atoms with Crippen molar-refractivity contribution in [1.82, 2.24) is 4.98 Å². The van der Waals surface area contributed by atoms with Crippen molar-refractivity contribution < 1.29 is 18.6 Å². The summed E-state index contributed by atoms with van der Waals surface area (Å²) in [4.78, 5) is 3.43. The van der Waals surface area contributed by atoms with Crippen LogP contribution in [-0.2, 0) is 9.47 Å². The van der Waals surface area contributed by atoms with E-state index in [1.54, 1.807) is 13.2 Å². The molecule has 1 aromatic rings. The van der Waals surface area contributed by atoms with Crippen LogP contribution in [0.3, 0.4) is 0 Å². The summed E-state index contributed by atoms with van der Waals surface area (Å²) in [5.74, 6) is -0.0433. The van der Waals surface area contributed by atoms with Crippen LogP contribution in [0, 0.1) is 5.95 Å². The predicted octanol–water partition coefficient (Wildman–Crippen LogP) is 1.65. The van der Waals surface area contributed by atoms with E-state index in [4.69, 9.17) is 14.2 Å². The minimum atomic E-state index is -0.533. The second kappa shape index (κ2) is 8.01. The molecule has 0 unspecified atom stereocenters. The van der Waals surface area contributed by atoms with Gasteiger partial charge in [0, 0.05) is 32.4 Å². The van der Waals surface area contributed by atoms with Crippen LogP contribution in [0.5, 0.6) is 5.75 Å². The van der Waals surface area contributed by atoms with Crippen LogP contribution in [-0.4, -0.2) is 38.5 Å². The molecule has 4 nitrogen and oxygen atoms in total. The Morgan fingerprint density at radius 1 is 1.25 bits per heavy atom. The van der Waals surface area contributed by atoms with E-state index in [0.717, 1.165) is 6.42 Å². The number of rotatable bonds is 8. The normalized spacial score (nSPS) is 10.4. The maximum atomic E-state index is 12.7. The molecule has 0 aliphatic carbocycles. The van der Waals surface area contributed by atoms with Gasteiger partial charge >= 0.3 is 0 Å². The SMILES string of the molecule is COCCOCCCOc1ccnc(F)c1. The van der Waals surface area contributed by atoms with Gasteiger partial charge in [-0.1, -0.05) is 0 Å². The van der Waals surface area contributed by atoms with Crippen LogP contribution in [0.15, 0.2) is 18.3 Å². The molecule has 0 atom stereocenters. The van der Waals surface area contributed by atoms with Crippen LogP contribution in [0.2, 0.25) is 0 Å². The van der Waals surface area contributed by atoms with Crippen molar-refractivity contribution in [3.05, 3.63) is 24.3 Å². The van der Waals surface area contributed by atoms with Crippen LogP contribution >= 0.6 is 0 Å². The highest BCUT2D eigenvalue weighted by Gasteiger charge is 1.96. The van der Waals surface area contributed by atoms with E-state index in [1.165, 1.54) is 12.3 Å². The summed E-state index contributed by atoms with van der Waals surface area (Å²) in [7, 11) is 1.63. The molecule has 0 aliphatic rings. The van der Waals surface area contributed by atoms with Gasteiger partial charge in [-0.05, 0) is 6.07 Å². The lowest BCUT2D eigenvalue weighted by molar-refractivity contribution is 0.0644. The molecule has 0 aromatic carbocycles. The quantitative estimate of drug-likeness (QED) is 0.502. The van der Waals surface area contributed by atoms with Crippen LogP contribution in [0.25, 0.3) is 0 Å². The molecule has 16 heavy (non-hydrogen) atoms. The topological polar surface area (TPSA) is 40.6 Å². The van der Waals surface area contributed by atoms with Crippen LogP contribution in [0.1, 0.15) is 6.42 Å². The second-order valence-electron chi connectivity index (χ2n) is 3.12. The summed E-state index contributed by atoms with van der Waals surface area (Å²) in [5.41, 5.74) is 0. The molecule has 0 radical (unpaired) electrons. The standard InChI is InChI=1S/C11H16FNO3/c1-14-7-8-15-5-2-6-16-10-3-4-13-11(12)9-10/h3-4,9H,2,5-8H2,1H3. The predicted molar refractivity (Wildman–Crippen MR) is 57.0 cm³/mol. The Bertz CT molecular complexity index is 296. The lowest BCUT2D eigenvalue weighted by atomic mass is 10.4. The number of hydrogen-bond donors (Lipinski definition) is 0. The Labute approximate surface area is 94.3 Å². The molecular weight excluding hydrogens is 213 g/mol. The van der Waals surface area contributed by atoms with E-state index in [0.29, 0.717) is 32.2 Å². The van der Waals surface area contributed by atoms with Gasteiger partial charge in [0.25, 0.3) is 0 Å². The Kier molecular flexibility index (Phi) is 6.44. The van der Waals surface area contributed by atoms with Crippen molar-refractivity contribution in [2.45, 2.75) is 6.42 Å². The summed E-state index contributed by atoms with van der Waals surface area (Å²) in [6.07, 6.45) is 2.13. The summed E-state index contributed by atoms with van der Waals surface area (Å²) < 4.78 is 28.0. The zero-order chi connectivity index (χ0) is 11.6. The van der Waals surface area contributed by atoms with E-state index < -0.39 is 5.95 Å². The molecule has 1 aromatic heterocycles. The number of ether oxygens (including phenoxy) is 3. The molecule has 0 bridgehead atoms. The van der Waals surface area contributed by atoms with Gasteiger partial charge in [0.2, 0.25) is 5.95 Å². The summed E-state index contributed by atoms with van der Waals surface area (Å²) in [6.45, 7) is 2.28. The molecule has 1 heterocycles. The van der Waals surface area contributed by atoms with Gasteiger partial charge in [0.1, 0.15) is 5.75 Å². The number of halogens is 1. The highest BCUT2D eigenvalue weighted by atomic mass is 19.1. The molecule has 0 spiro atoms. The Balaban J connectivity index is 2.03. The fourth-order valence-electron chi connectivity index (χ4n) is 1.07. The minimum absolute atomic E-state index is 0.490. The third-order valence-corrected chi connectivity index (χ3v) is 1.83. The monoisotopic (exact) mass is 229 g/mol. The second-order valence-corrected chi connectivity index (χ2v) is 3.12. The number of hydrogen-bond acceptors (Lipinski definition) is 4. The van der Waals surface area contributed by atoms with Gasteiger partial charge in [-0.2, -0.15) is 4.39 Å². The van der Waals surface area contributed by atoms with Crippen molar-refractivity contribution in [2.75, 3.05) is 33.5 Å². The molecule has 0 saturated carbocycles. The first-order valence-corrected chi connectivity index (χ1v) is 5.14. The summed E-state index contributed by atoms with van der Waals surface area (Å²) in [5, 5.41) is 0. The molecule has 0 aliphatic heterocycles. The van der Waals surface area contributed by atoms with Gasteiger partial charge in [-0.25, -0.2) is 4.98 Å². The zero-order valence-corrected chi connectivity index (χ0v) is 9.32. The van der Waals surface area contributed by atoms with E-state index in [9.17, 15) is 4.39 Å². The van der Waals surface area contributed by atoms with Gasteiger partial charge < -0.3 is 14.2 Å². The van der Waals surface area contributed by atoms with Crippen molar-refractivity contribution in [2.24, 2.45) is 0 Å². The fraction of sp³-hybridized carbons (Fsp3) is 0.545. The summed E-state index contributed by atoms with van der Waals surface area (Å²) >= 11 is 0. The molecule has 1 rings (SSSR count). The highest BCUT2D eigenvalue weighted by molar-refractivity contribution is 5.17. The highest BCUT2D eigenvalue weighted by Crippen LogP contribution is 2.09. The number of nitrogens with zero attached hydrogens (tertiary/aromatic N) is 1. The van der Waals surface area contributed by atoms with Crippen LogP contribution in [0.4, 0.5) is 4.39 Å². The number of aromatic nitrogens is 1. The first-order chi connectivity index (χ1) is 7.83. The van der Waals surface area contributed by atoms with Gasteiger partial charge in [0.15, 0.2) is 0 Å². The third-order valence-electron chi connectivity index (χ3n) is 1.83. The molecule has 90 valence electrons. The lowest BCUT2D eigenvalue weighted by Gasteiger charge is -2.06. The molecule has 5 heteroatoms. The largest absolute Gasteiger partial charge is 0.493 e. The molecule has 0 amide bonds. The average Bonchev–Trinajstić information content (AvgIpc) is 2.28. The average molecular weight is 229 g/mol. The maximum absolute atomic E-state index is 12.7. The first-order valence-electron chi connectivity index (χ1n) is 5.14. The van der Waals surface area contributed by atoms with E-state index in [2.05, 4.69) is 4.98 Å².